The zero-order valence-electron chi connectivity index (χ0n) is 10.3. The maximum Gasteiger partial charge on any atom is 0.138 e. The van der Waals surface area contributed by atoms with E-state index in [9.17, 15) is 4.39 Å². The van der Waals surface area contributed by atoms with Crippen molar-refractivity contribution < 1.29 is 4.39 Å². The first-order valence-corrected chi connectivity index (χ1v) is 7.13. The van der Waals surface area contributed by atoms with Crippen molar-refractivity contribution in [2.75, 3.05) is 17.7 Å². The smallest absolute Gasteiger partial charge is 0.138 e. The fourth-order valence-electron chi connectivity index (χ4n) is 1.83. The van der Waals surface area contributed by atoms with E-state index in [1.54, 1.807) is 6.07 Å². The van der Waals surface area contributed by atoms with Crippen LogP contribution < -0.4 is 10.6 Å². The molecule has 19 heavy (non-hydrogen) atoms. The molecule has 2 aromatic carbocycles. The lowest BCUT2D eigenvalue weighted by atomic mass is 10.2. The number of hydrogen-bond donors (Lipinski definition) is 1. The molecule has 0 fully saturated rings. The van der Waals surface area contributed by atoms with Crippen LogP contribution in [-0.2, 0) is 6.54 Å². The third kappa shape index (κ3) is 3.51. The highest BCUT2D eigenvalue weighted by atomic mass is 127. The van der Waals surface area contributed by atoms with Crippen LogP contribution in [0.25, 0.3) is 0 Å². The fourth-order valence-corrected chi connectivity index (χ4v) is 2.45. The van der Waals surface area contributed by atoms with Gasteiger partial charge in [-0.2, -0.15) is 0 Å². The molecule has 2 N–H and O–H groups in total. The van der Waals surface area contributed by atoms with Gasteiger partial charge in [-0.3, -0.25) is 0 Å². The van der Waals surface area contributed by atoms with Gasteiger partial charge in [-0.1, -0.05) is 23.7 Å². The second kappa shape index (κ2) is 5.96. The van der Waals surface area contributed by atoms with E-state index in [4.69, 9.17) is 17.3 Å². The topological polar surface area (TPSA) is 29.3 Å². The van der Waals surface area contributed by atoms with Crippen molar-refractivity contribution in [3.63, 3.8) is 0 Å². The molecule has 0 aliphatic carbocycles. The van der Waals surface area contributed by atoms with E-state index < -0.39 is 0 Å². The molecule has 0 spiro atoms. The summed E-state index contributed by atoms with van der Waals surface area (Å²) in [6.07, 6.45) is 0. The number of halogens is 3. The highest BCUT2D eigenvalue weighted by Crippen LogP contribution is 2.28. The molecule has 5 heteroatoms. The Labute approximate surface area is 130 Å². The van der Waals surface area contributed by atoms with Crippen LogP contribution in [-0.4, -0.2) is 7.05 Å². The van der Waals surface area contributed by atoms with E-state index in [0.29, 0.717) is 26.5 Å². The standard InChI is InChI=1S/C14H13ClFIN2/c1-19(8-9-2-4-10(15)5-3-9)14-6-11(16)12(17)7-13(14)18/h2-7H,8,18H2,1H3. The molecular weight excluding hydrogens is 378 g/mol. The average molecular weight is 391 g/mol. The summed E-state index contributed by atoms with van der Waals surface area (Å²) in [6, 6.07) is 10.7. The zero-order chi connectivity index (χ0) is 14.0. The van der Waals surface area contributed by atoms with Crippen LogP contribution in [0.3, 0.4) is 0 Å². The van der Waals surface area contributed by atoms with Crippen LogP contribution in [0, 0.1) is 9.39 Å². The van der Waals surface area contributed by atoms with E-state index in [2.05, 4.69) is 0 Å². The molecule has 0 heterocycles. The molecule has 0 unspecified atom stereocenters. The van der Waals surface area contributed by atoms with Crippen LogP contribution in [0.2, 0.25) is 5.02 Å². The number of rotatable bonds is 3. The SMILES string of the molecule is CN(Cc1ccc(Cl)cc1)c1cc(F)c(I)cc1N. The fraction of sp³-hybridized carbons (Fsp3) is 0.143. The van der Waals surface area contributed by atoms with Gasteiger partial charge >= 0.3 is 0 Å². The second-order valence-electron chi connectivity index (χ2n) is 4.31. The Kier molecular flexibility index (Phi) is 4.52. The zero-order valence-corrected chi connectivity index (χ0v) is 13.2. The number of nitrogens with zero attached hydrogens (tertiary/aromatic N) is 1. The summed E-state index contributed by atoms with van der Waals surface area (Å²) in [7, 11) is 1.88. The third-order valence-corrected chi connectivity index (χ3v) is 3.89. The van der Waals surface area contributed by atoms with Gasteiger partial charge in [0, 0.05) is 24.7 Å². The molecule has 0 amide bonds. The van der Waals surface area contributed by atoms with Crippen molar-refractivity contribution in [3.05, 3.63) is 56.4 Å². The number of nitrogen functional groups attached to an aromatic ring is 1. The monoisotopic (exact) mass is 390 g/mol. The van der Waals surface area contributed by atoms with Crippen LogP contribution in [0.1, 0.15) is 5.56 Å². The molecule has 0 bridgehead atoms. The molecular formula is C14H13ClFIN2. The summed E-state index contributed by atoms with van der Waals surface area (Å²) in [4.78, 5) is 1.91. The van der Waals surface area contributed by atoms with Crippen molar-refractivity contribution in [3.8, 4) is 0 Å². The molecule has 0 saturated carbocycles. The summed E-state index contributed by atoms with van der Waals surface area (Å²) in [6.45, 7) is 0.640. The quantitative estimate of drug-likeness (QED) is 0.625. The largest absolute Gasteiger partial charge is 0.397 e. The molecule has 2 rings (SSSR count). The van der Waals surface area contributed by atoms with Crippen molar-refractivity contribution in [1.29, 1.82) is 0 Å². The van der Waals surface area contributed by atoms with E-state index in [1.807, 2.05) is 58.8 Å². The normalized spacial score (nSPS) is 10.5. The third-order valence-electron chi connectivity index (χ3n) is 2.81. The Bertz CT molecular complexity index is 587. The first-order chi connectivity index (χ1) is 8.97. The lowest BCUT2D eigenvalue weighted by Crippen LogP contribution is -2.18. The molecule has 0 atom stereocenters. The molecule has 0 radical (unpaired) electrons. The summed E-state index contributed by atoms with van der Waals surface area (Å²) in [5.41, 5.74) is 8.28. The van der Waals surface area contributed by atoms with Gasteiger partial charge < -0.3 is 10.6 Å². The number of benzene rings is 2. The molecule has 100 valence electrons. The number of nitrogens with two attached hydrogens (primary N) is 1. The summed E-state index contributed by atoms with van der Waals surface area (Å²) in [5, 5.41) is 0.700. The van der Waals surface area contributed by atoms with Crippen molar-refractivity contribution >= 4 is 45.6 Å². The highest BCUT2D eigenvalue weighted by molar-refractivity contribution is 14.1. The predicted molar refractivity (Wildman–Crippen MR) is 87.1 cm³/mol. The van der Waals surface area contributed by atoms with Gasteiger partial charge in [0.25, 0.3) is 0 Å². The van der Waals surface area contributed by atoms with E-state index in [-0.39, 0.29) is 5.82 Å². The van der Waals surface area contributed by atoms with Gasteiger partial charge in [-0.05, 0) is 46.4 Å². The number of anilines is 2. The average Bonchev–Trinajstić information content (AvgIpc) is 2.36. The van der Waals surface area contributed by atoms with Crippen LogP contribution in [0.4, 0.5) is 15.8 Å². The summed E-state index contributed by atoms with van der Waals surface area (Å²) in [5.74, 6) is -0.257. The molecule has 2 nitrogen and oxygen atoms in total. The van der Waals surface area contributed by atoms with Gasteiger partial charge in [0.2, 0.25) is 0 Å². The second-order valence-corrected chi connectivity index (χ2v) is 5.91. The van der Waals surface area contributed by atoms with Crippen molar-refractivity contribution in [1.82, 2.24) is 0 Å². The first-order valence-electron chi connectivity index (χ1n) is 5.67. The molecule has 0 aliphatic heterocycles. The molecule has 2 aromatic rings. The lowest BCUT2D eigenvalue weighted by Gasteiger charge is -2.21. The molecule has 0 aliphatic rings. The van der Waals surface area contributed by atoms with Gasteiger partial charge in [0.1, 0.15) is 5.82 Å². The van der Waals surface area contributed by atoms with Gasteiger partial charge in [-0.25, -0.2) is 4.39 Å². The van der Waals surface area contributed by atoms with Crippen LogP contribution >= 0.6 is 34.2 Å². The Balaban J connectivity index is 2.22. The minimum Gasteiger partial charge on any atom is -0.397 e. The maximum atomic E-state index is 13.6. The Hall–Kier alpha value is -1.01. The van der Waals surface area contributed by atoms with Gasteiger partial charge in [0.15, 0.2) is 0 Å². The predicted octanol–water partition coefficient (Wildman–Crippen LogP) is 4.30. The lowest BCUT2D eigenvalue weighted by molar-refractivity contribution is 0.620. The summed E-state index contributed by atoms with van der Waals surface area (Å²) >= 11 is 7.77. The van der Waals surface area contributed by atoms with Crippen molar-refractivity contribution in [2.24, 2.45) is 0 Å². The Morgan fingerprint density at radius 2 is 1.89 bits per heavy atom. The Morgan fingerprint density at radius 1 is 1.26 bits per heavy atom. The van der Waals surface area contributed by atoms with E-state index >= 15 is 0 Å². The van der Waals surface area contributed by atoms with Gasteiger partial charge in [-0.15, -0.1) is 0 Å². The minimum absolute atomic E-state index is 0.257. The summed E-state index contributed by atoms with van der Waals surface area (Å²) < 4.78 is 14.1. The number of hydrogen-bond acceptors (Lipinski definition) is 2. The van der Waals surface area contributed by atoms with Crippen LogP contribution in [0.15, 0.2) is 36.4 Å². The molecule has 0 saturated heterocycles. The maximum absolute atomic E-state index is 13.6. The minimum atomic E-state index is -0.257. The van der Waals surface area contributed by atoms with E-state index in [0.717, 1.165) is 5.56 Å². The van der Waals surface area contributed by atoms with Gasteiger partial charge in [0.05, 0.1) is 14.9 Å². The molecule has 0 aromatic heterocycles. The van der Waals surface area contributed by atoms with E-state index in [1.165, 1.54) is 6.07 Å². The van der Waals surface area contributed by atoms with Crippen LogP contribution in [0.5, 0.6) is 0 Å². The first kappa shape index (κ1) is 14.4. The van der Waals surface area contributed by atoms with Crippen molar-refractivity contribution in [2.45, 2.75) is 6.54 Å². The highest BCUT2D eigenvalue weighted by Gasteiger charge is 2.10. The Morgan fingerprint density at radius 3 is 2.53 bits per heavy atom.